The minimum Gasteiger partial charge on any atom is -0.380 e. The topological polar surface area (TPSA) is 9.23 Å². The lowest BCUT2D eigenvalue weighted by Gasteiger charge is -2.04. The molecule has 0 bridgehead atoms. The quantitative estimate of drug-likeness (QED) is 0.750. The van der Waals surface area contributed by atoms with E-state index in [0.29, 0.717) is 5.56 Å². The molecule has 1 aromatic rings. The van der Waals surface area contributed by atoms with Gasteiger partial charge in [-0.15, -0.1) is 0 Å². The lowest BCUT2D eigenvalue weighted by molar-refractivity contribution is 0.184. The van der Waals surface area contributed by atoms with E-state index in [9.17, 15) is 8.78 Å². The average Bonchev–Trinajstić information content (AvgIpc) is 2.04. The van der Waals surface area contributed by atoms with Crippen molar-refractivity contribution in [2.75, 3.05) is 7.11 Å². The van der Waals surface area contributed by atoms with Crippen LogP contribution in [-0.4, -0.2) is 7.11 Å². The van der Waals surface area contributed by atoms with Gasteiger partial charge in [0.2, 0.25) is 0 Å². The maximum absolute atomic E-state index is 13.1. The fraction of sp³-hybridized carbons (Fsp3) is 0.333. The van der Waals surface area contributed by atoms with Gasteiger partial charge in [0.1, 0.15) is 11.6 Å². The number of methoxy groups -OCH3 is 1. The Hall–Kier alpha value is -0.480. The van der Waals surface area contributed by atoms with Gasteiger partial charge in [0.15, 0.2) is 0 Å². The van der Waals surface area contributed by atoms with Crippen LogP contribution in [0.4, 0.5) is 8.78 Å². The fourth-order valence-corrected chi connectivity index (χ4v) is 1.57. The van der Waals surface area contributed by atoms with Gasteiger partial charge >= 0.3 is 0 Å². The predicted molar refractivity (Wildman–Crippen MR) is 49.7 cm³/mol. The number of alkyl halides is 1. The SMILES string of the molecule is COCc1cc(F)c(CBr)c(F)c1. The van der Waals surface area contributed by atoms with Gasteiger partial charge in [-0.1, -0.05) is 15.9 Å². The van der Waals surface area contributed by atoms with Crippen LogP contribution >= 0.6 is 15.9 Å². The maximum atomic E-state index is 13.1. The van der Waals surface area contributed by atoms with Gasteiger partial charge < -0.3 is 4.74 Å². The van der Waals surface area contributed by atoms with Crippen LogP contribution < -0.4 is 0 Å². The molecular formula is C9H9BrF2O. The van der Waals surface area contributed by atoms with Gasteiger partial charge in [0.05, 0.1) is 6.61 Å². The minimum atomic E-state index is -0.538. The van der Waals surface area contributed by atoms with E-state index in [0.717, 1.165) is 0 Å². The van der Waals surface area contributed by atoms with Gasteiger partial charge in [0, 0.05) is 18.0 Å². The second-order valence-electron chi connectivity index (χ2n) is 2.60. The van der Waals surface area contributed by atoms with E-state index in [-0.39, 0.29) is 17.5 Å². The van der Waals surface area contributed by atoms with Crippen molar-refractivity contribution in [3.05, 3.63) is 34.9 Å². The second kappa shape index (κ2) is 4.67. The van der Waals surface area contributed by atoms with Crippen molar-refractivity contribution in [1.82, 2.24) is 0 Å². The molecule has 0 saturated heterocycles. The van der Waals surface area contributed by atoms with Crippen LogP contribution in [0.25, 0.3) is 0 Å². The first-order valence-electron chi connectivity index (χ1n) is 3.70. The molecule has 72 valence electrons. The molecule has 0 radical (unpaired) electrons. The zero-order valence-corrected chi connectivity index (χ0v) is 8.70. The molecule has 0 aliphatic heterocycles. The van der Waals surface area contributed by atoms with E-state index < -0.39 is 11.6 Å². The van der Waals surface area contributed by atoms with Gasteiger partial charge in [0.25, 0.3) is 0 Å². The Balaban J connectivity index is 3.05. The number of rotatable bonds is 3. The van der Waals surface area contributed by atoms with E-state index in [2.05, 4.69) is 15.9 Å². The molecule has 1 rings (SSSR count). The first-order chi connectivity index (χ1) is 6.19. The maximum Gasteiger partial charge on any atom is 0.130 e. The summed E-state index contributed by atoms with van der Waals surface area (Å²) in [5, 5.41) is 0.179. The molecular weight excluding hydrogens is 242 g/mol. The van der Waals surface area contributed by atoms with Gasteiger partial charge in [-0.3, -0.25) is 0 Å². The summed E-state index contributed by atoms with van der Waals surface area (Å²) < 4.78 is 31.0. The van der Waals surface area contributed by atoms with Crippen molar-refractivity contribution in [2.45, 2.75) is 11.9 Å². The molecule has 0 aliphatic carbocycles. The summed E-state index contributed by atoms with van der Waals surface area (Å²) in [5.41, 5.74) is 0.557. The molecule has 0 N–H and O–H groups in total. The zero-order chi connectivity index (χ0) is 9.84. The van der Waals surface area contributed by atoms with E-state index in [1.807, 2.05) is 0 Å². The van der Waals surface area contributed by atoms with Crippen molar-refractivity contribution < 1.29 is 13.5 Å². The van der Waals surface area contributed by atoms with Crippen molar-refractivity contribution in [3.8, 4) is 0 Å². The van der Waals surface area contributed by atoms with Crippen LogP contribution in [0.1, 0.15) is 11.1 Å². The molecule has 4 heteroatoms. The largest absolute Gasteiger partial charge is 0.380 e. The summed E-state index contributed by atoms with van der Waals surface area (Å²) in [5.74, 6) is -1.08. The van der Waals surface area contributed by atoms with E-state index >= 15 is 0 Å². The molecule has 0 amide bonds. The summed E-state index contributed by atoms with van der Waals surface area (Å²) in [7, 11) is 1.48. The lowest BCUT2D eigenvalue weighted by atomic mass is 10.1. The van der Waals surface area contributed by atoms with Gasteiger partial charge in [-0.25, -0.2) is 8.78 Å². The highest BCUT2D eigenvalue weighted by Crippen LogP contribution is 2.18. The predicted octanol–water partition coefficient (Wildman–Crippen LogP) is 3.01. The van der Waals surface area contributed by atoms with Crippen LogP contribution in [0.5, 0.6) is 0 Å². The zero-order valence-electron chi connectivity index (χ0n) is 7.11. The first-order valence-corrected chi connectivity index (χ1v) is 4.83. The normalized spacial score (nSPS) is 10.5. The molecule has 13 heavy (non-hydrogen) atoms. The average molecular weight is 251 g/mol. The van der Waals surface area contributed by atoms with Crippen LogP contribution in [0.15, 0.2) is 12.1 Å². The summed E-state index contributed by atoms with van der Waals surface area (Å²) in [6.07, 6.45) is 0. The summed E-state index contributed by atoms with van der Waals surface area (Å²) >= 11 is 3.01. The highest BCUT2D eigenvalue weighted by Gasteiger charge is 2.09. The number of halogens is 3. The molecule has 0 spiro atoms. The number of hydrogen-bond donors (Lipinski definition) is 0. The lowest BCUT2D eigenvalue weighted by Crippen LogP contribution is -1.96. The fourth-order valence-electron chi connectivity index (χ4n) is 1.03. The minimum absolute atomic E-state index is 0.0554. The molecule has 0 atom stereocenters. The van der Waals surface area contributed by atoms with Crippen molar-refractivity contribution in [3.63, 3.8) is 0 Å². The summed E-state index contributed by atoms with van der Waals surface area (Å²) in [4.78, 5) is 0. The molecule has 1 nitrogen and oxygen atoms in total. The van der Waals surface area contributed by atoms with Crippen molar-refractivity contribution in [2.24, 2.45) is 0 Å². The van der Waals surface area contributed by atoms with Crippen LogP contribution in [0, 0.1) is 11.6 Å². The van der Waals surface area contributed by atoms with Gasteiger partial charge in [-0.2, -0.15) is 0 Å². The van der Waals surface area contributed by atoms with Crippen molar-refractivity contribution >= 4 is 15.9 Å². The molecule has 0 saturated carbocycles. The smallest absolute Gasteiger partial charge is 0.130 e. The molecule has 0 unspecified atom stereocenters. The Morgan fingerprint density at radius 3 is 2.23 bits per heavy atom. The summed E-state index contributed by atoms with van der Waals surface area (Å²) in [6.45, 7) is 0.219. The Morgan fingerprint density at radius 2 is 1.85 bits per heavy atom. The van der Waals surface area contributed by atoms with E-state index in [1.54, 1.807) is 0 Å². The molecule has 1 aromatic carbocycles. The Bertz CT molecular complexity index is 279. The third-order valence-electron chi connectivity index (χ3n) is 1.65. The highest BCUT2D eigenvalue weighted by molar-refractivity contribution is 9.08. The van der Waals surface area contributed by atoms with Crippen molar-refractivity contribution in [1.29, 1.82) is 0 Å². The Labute approximate surface area is 83.8 Å². The number of benzene rings is 1. The van der Waals surface area contributed by atoms with E-state index in [1.165, 1.54) is 19.2 Å². The molecule has 0 aromatic heterocycles. The third kappa shape index (κ3) is 2.48. The molecule has 0 fully saturated rings. The molecule has 0 heterocycles. The third-order valence-corrected chi connectivity index (χ3v) is 2.21. The van der Waals surface area contributed by atoms with Gasteiger partial charge in [-0.05, 0) is 17.7 Å². The number of ether oxygens (including phenoxy) is 1. The van der Waals surface area contributed by atoms with E-state index in [4.69, 9.17) is 4.74 Å². The second-order valence-corrected chi connectivity index (χ2v) is 3.17. The van der Waals surface area contributed by atoms with Crippen LogP contribution in [-0.2, 0) is 16.7 Å². The Morgan fingerprint density at radius 1 is 1.31 bits per heavy atom. The monoisotopic (exact) mass is 250 g/mol. The Kier molecular flexibility index (Phi) is 3.81. The van der Waals surface area contributed by atoms with Crippen LogP contribution in [0.3, 0.4) is 0 Å². The number of hydrogen-bond acceptors (Lipinski definition) is 1. The highest BCUT2D eigenvalue weighted by atomic mass is 79.9. The summed E-state index contributed by atoms with van der Waals surface area (Å²) in [6, 6.07) is 2.56. The first kappa shape index (κ1) is 10.6. The van der Waals surface area contributed by atoms with Crippen LogP contribution in [0.2, 0.25) is 0 Å². The molecule has 0 aliphatic rings. The standard InChI is InChI=1S/C9H9BrF2O/c1-13-5-6-2-8(11)7(4-10)9(12)3-6/h2-3H,4-5H2,1H3.